The predicted molar refractivity (Wildman–Crippen MR) is 93.1 cm³/mol. The van der Waals surface area contributed by atoms with Crippen molar-refractivity contribution in [3.63, 3.8) is 0 Å². The predicted octanol–water partition coefficient (Wildman–Crippen LogP) is 2.42. The molecule has 128 valence electrons. The van der Waals surface area contributed by atoms with Gasteiger partial charge in [-0.25, -0.2) is 0 Å². The molecule has 0 aliphatic rings. The molecule has 0 radical (unpaired) electrons. The summed E-state index contributed by atoms with van der Waals surface area (Å²) in [5.74, 6) is -1.52. The zero-order valence-electron chi connectivity index (χ0n) is 13.2. The van der Waals surface area contributed by atoms with Gasteiger partial charge in [0, 0.05) is 17.2 Å². The van der Waals surface area contributed by atoms with Gasteiger partial charge in [-0.1, -0.05) is 36.4 Å². The van der Waals surface area contributed by atoms with Gasteiger partial charge < -0.3 is 15.5 Å². The van der Waals surface area contributed by atoms with Crippen molar-refractivity contribution in [1.82, 2.24) is 5.32 Å². The van der Waals surface area contributed by atoms with Crippen molar-refractivity contribution in [3.05, 3.63) is 58.3 Å². The third-order valence-electron chi connectivity index (χ3n) is 3.71. The molecule has 0 fully saturated rings. The monoisotopic (exact) mass is 347 g/mol. The molecule has 1 heterocycles. The molecular formula is C18H21NO4S. The summed E-state index contributed by atoms with van der Waals surface area (Å²) in [5.41, 5.74) is 1.03. The second-order valence-electron chi connectivity index (χ2n) is 5.65. The van der Waals surface area contributed by atoms with E-state index in [1.807, 2.05) is 47.8 Å². The lowest BCUT2D eigenvalue weighted by molar-refractivity contribution is -0.137. The number of hydrogen-bond donors (Lipinski definition) is 3. The van der Waals surface area contributed by atoms with Crippen molar-refractivity contribution in [2.75, 3.05) is 6.61 Å². The molecule has 6 heteroatoms. The topological polar surface area (TPSA) is 86.6 Å². The molecule has 0 bridgehead atoms. The fourth-order valence-electron chi connectivity index (χ4n) is 2.58. The van der Waals surface area contributed by atoms with Crippen LogP contribution < -0.4 is 5.32 Å². The molecule has 1 aromatic heterocycles. The Morgan fingerprint density at radius 3 is 2.42 bits per heavy atom. The van der Waals surface area contributed by atoms with E-state index in [4.69, 9.17) is 5.11 Å². The molecule has 3 N–H and O–H groups in total. The fourth-order valence-corrected chi connectivity index (χ4v) is 3.41. The maximum atomic E-state index is 12.3. The van der Waals surface area contributed by atoms with Crippen molar-refractivity contribution in [3.8, 4) is 0 Å². The Kier molecular flexibility index (Phi) is 6.96. The highest BCUT2D eigenvalue weighted by Gasteiger charge is 2.21. The molecule has 0 aliphatic heterocycles. The van der Waals surface area contributed by atoms with E-state index in [2.05, 4.69) is 5.32 Å². The van der Waals surface area contributed by atoms with Gasteiger partial charge in [0.25, 0.3) is 0 Å². The minimum Gasteiger partial charge on any atom is -0.481 e. The standard InChI is InChI=1S/C18H21NO4S/c20-12-15(9-13-5-2-1-3-6-13)19-17(21)10-14(11-18(22)23)16-7-4-8-24-16/h1-8,14-15,20H,9-12H2,(H,19,21)(H,22,23). The lowest BCUT2D eigenvalue weighted by Gasteiger charge is -2.19. The summed E-state index contributed by atoms with van der Waals surface area (Å²) < 4.78 is 0. The SMILES string of the molecule is O=C(O)CC(CC(=O)NC(CO)Cc1ccccc1)c1cccs1. The van der Waals surface area contributed by atoms with Gasteiger partial charge in [0.2, 0.25) is 5.91 Å². The Hall–Kier alpha value is -2.18. The molecule has 5 nitrogen and oxygen atoms in total. The van der Waals surface area contributed by atoms with Crippen molar-refractivity contribution in [2.24, 2.45) is 0 Å². The second kappa shape index (κ2) is 9.20. The molecule has 2 unspecified atom stereocenters. The van der Waals surface area contributed by atoms with E-state index in [0.717, 1.165) is 10.4 Å². The summed E-state index contributed by atoms with van der Waals surface area (Å²) >= 11 is 1.45. The van der Waals surface area contributed by atoms with Gasteiger partial charge in [-0.2, -0.15) is 0 Å². The van der Waals surface area contributed by atoms with E-state index in [9.17, 15) is 14.7 Å². The van der Waals surface area contributed by atoms with Crippen LogP contribution in [0.15, 0.2) is 47.8 Å². The number of hydrogen-bond acceptors (Lipinski definition) is 4. The smallest absolute Gasteiger partial charge is 0.304 e. The van der Waals surface area contributed by atoms with E-state index in [1.165, 1.54) is 11.3 Å². The normalized spacial score (nSPS) is 13.2. The van der Waals surface area contributed by atoms with Crippen LogP contribution in [0.25, 0.3) is 0 Å². The largest absolute Gasteiger partial charge is 0.481 e. The minimum absolute atomic E-state index is 0.0869. The first-order chi connectivity index (χ1) is 11.6. The van der Waals surface area contributed by atoms with Crippen molar-refractivity contribution < 1.29 is 19.8 Å². The zero-order valence-corrected chi connectivity index (χ0v) is 14.0. The van der Waals surface area contributed by atoms with Gasteiger partial charge in [0.15, 0.2) is 0 Å². The van der Waals surface area contributed by atoms with Crippen LogP contribution in [-0.2, 0) is 16.0 Å². The number of aliphatic carboxylic acids is 1. The van der Waals surface area contributed by atoms with Crippen LogP contribution in [0.4, 0.5) is 0 Å². The summed E-state index contributed by atoms with van der Waals surface area (Å²) in [6, 6.07) is 12.9. The lowest BCUT2D eigenvalue weighted by atomic mass is 9.98. The molecule has 1 amide bonds. The number of thiophene rings is 1. The van der Waals surface area contributed by atoms with Gasteiger partial charge in [0.05, 0.1) is 19.1 Å². The molecule has 2 rings (SSSR count). The molecule has 2 atom stereocenters. The first-order valence-corrected chi connectivity index (χ1v) is 8.65. The first-order valence-electron chi connectivity index (χ1n) is 7.77. The molecule has 2 aromatic rings. The Morgan fingerprint density at radius 2 is 1.83 bits per heavy atom. The number of rotatable bonds is 9. The summed E-state index contributed by atoms with van der Waals surface area (Å²) in [6.45, 7) is -0.163. The maximum Gasteiger partial charge on any atom is 0.304 e. The number of carboxylic acid groups (broad SMARTS) is 1. The summed E-state index contributed by atoms with van der Waals surface area (Å²) in [4.78, 5) is 24.2. The second-order valence-corrected chi connectivity index (χ2v) is 6.63. The minimum atomic E-state index is -0.927. The van der Waals surface area contributed by atoms with Gasteiger partial charge in [-0.3, -0.25) is 9.59 Å². The number of benzene rings is 1. The number of carboxylic acids is 1. The summed E-state index contributed by atoms with van der Waals surface area (Å²) in [5, 5.41) is 23.2. The van der Waals surface area contributed by atoms with Gasteiger partial charge >= 0.3 is 5.97 Å². The molecular weight excluding hydrogens is 326 g/mol. The highest BCUT2D eigenvalue weighted by molar-refractivity contribution is 7.10. The Balaban J connectivity index is 1.94. The van der Waals surface area contributed by atoms with E-state index >= 15 is 0 Å². The first kappa shape index (κ1) is 18.2. The fraction of sp³-hybridized carbons (Fsp3) is 0.333. The van der Waals surface area contributed by atoms with Crippen LogP contribution in [0.1, 0.15) is 29.2 Å². The van der Waals surface area contributed by atoms with Crippen molar-refractivity contribution in [1.29, 1.82) is 0 Å². The number of nitrogens with one attached hydrogen (secondary N) is 1. The van der Waals surface area contributed by atoms with Crippen LogP contribution in [0.3, 0.4) is 0 Å². The van der Waals surface area contributed by atoms with E-state index in [-0.39, 0.29) is 37.3 Å². The van der Waals surface area contributed by atoms with Crippen LogP contribution in [-0.4, -0.2) is 34.7 Å². The highest BCUT2D eigenvalue weighted by atomic mass is 32.1. The van der Waals surface area contributed by atoms with Crippen LogP contribution in [0, 0.1) is 0 Å². The Labute approximate surface area is 145 Å². The molecule has 1 aromatic carbocycles. The van der Waals surface area contributed by atoms with Crippen LogP contribution in [0.2, 0.25) is 0 Å². The molecule has 0 spiro atoms. The van der Waals surface area contributed by atoms with Crippen LogP contribution in [0.5, 0.6) is 0 Å². The molecule has 0 aliphatic carbocycles. The average molecular weight is 347 g/mol. The summed E-state index contributed by atoms with van der Waals surface area (Å²) in [6.07, 6.45) is 0.542. The molecule has 24 heavy (non-hydrogen) atoms. The third kappa shape index (κ3) is 5.79. The average Bonchev–Trinajstić information content (AvgIpc) is 3.08. The van der Waals surface area contributed by atoms with Gasteiger partial charge in [-0.15, -0.1) is 11.3 Å². The van der Waals surface area contributed by atoms with Crippen molar-refractivity contribution in [2.45, 2.75) is 31.2 Å². The van der Waals surface area contributed by atoms with E-state index in [1.54, 1.807) is 0 Å². The molecule has 0 saturated heterocycles. The summed E-state index contributed by atoms with van der Waals surface area (Å²) in [7, 11) is 0. The van der Waals surface area contributed by atoms with Gasteiger partial charge in [0.1, 0.15) is 0 Å². The Bertz CT molecular complexity index is 642. The number of amides is 1. The maximum absolute atomic E-state index is 12.3. The zero-order chi connectivity index (χ0) is 17.4. The molecule has 0 saturated carbocycles. The van der Waals surface area contributed by atoms with Crippen LogP contribution >= 0.6 is 11.3 Å². The quantitative estimate of drug-likeness (QED) is 0.650. The van der Waals surface area contributed by atoms with Gasteiger partial charge in [-0.05, 0) is 23.4 Å². The number of carbonyl (C=O) groups excluding carboxylic acids is 1. The third-order valence-corrected chi connectivity index (χ3v) is 4.74. The number of aliphatic hydroxyl groups is 1. The number of carbonyl (C=O) groups is 2. The van der Waals surface area contributed by atoms with Crippen molar-refractivity contribution >= 4 is 23.2 Å². The van der Waals surface area contributed by atoms with E-state index < -0.39 is 5.97 Å². The Morgan fingerprint density at radius 1 is 1.08 bits per heavy atom. The number of aliphatic hydroxyl groups excluding tert-OH is 1. The lowest BCUT2D eigenvalue weighted by Crippen LogP contribution is -2.39. The van der Waals surface area contributed by atoms with E-state index in [0.29, 0.717) is 6.42 Å². The highest BCUT2D eigenvalue weighted by Crippen LogP contribution is 2.27.